The summed E-state index contributed by atoms with van der Waals surface area (Å²) in [6.07, 6.45) is -1.07. The van der Waals surface area contributed by atoms with Gasteiger partial charge in [-0.2, -0.15) is 5.26 Å². The quantitative estimate of drug-likeness (QED) is 0.842. The molecule has 6 nitrogen and oxygen atoms in total. The predicted molar refractivity (Wildman–Crippen MR) is 87.5 cm³/mol. The molecular formula is C18H16N2O4. The number of nitrogens with one attached hydrogen (secondary N) is 1. The lowest BCUT2D eigenvalue weighted by atomic mass is 10.1. The van der Waals surface area contributed by atoms with Crippen molar-refractivity contribution in [3.05, 3.63) is 59.2 Å². The largest absolute Gasteiger partial charge is 0.507 e. The Labute approximate surface area is 139 Å². The highest BCUT2D eigenvalue weighted by Crippen LogP contribution is 2.20. The fourth-order valence-electron chi connectivity index (χ4n) is 2.00. The molecule has 1 atom stereocenters. The first-order chi connectivity index (χ1) is 11.4. The van der Waals surface area contributed by atoms with Gasteiger partial charge in [0, 0.05) is 5.69 Å². The van der Waals surface area contributed by atoms with Gasteiger partial charge in [0.05, 0.1) is 11.6 Å². The van der Waals surface area contributed by atoms with Gasteiger partial charge in [-0.05, 0) is 44.2 Å². The lowest BCUT2D eigenvalue weighted by Gasteiger charge is -2.14. The first-order valence-corrected chi connectivity index (χ1v) is 7.22. The Morgan fingerprint density at radius 1 is 1.25 bits per heavy atom. The number of aromatic hydroxyl groups is 1. The summed E-state index contributed by atoms with van der Waals surface area (Å²) >= 11 is 0. The predicted octanol–water partition coefficient (Wildman–Crippen LogP) is 2.76. The van der Waals surface area contributed by atoms with Crippen LogP contribution in [0.15, 0.2) is 42.5 Å². The Morgan fingerprint density at radius 3 is 2.71 bits per heavy atom. The summed E-state index contributed by atoms with van der Waals surface area (Å²) < 4.78 is 5.09. The molecule has 0 saturated carbocycles. The van der Waals surface area contributed by atoms with E-state index in [1.165, 1.54) is 25.1 Å². The first kappa shape index (κ1) is 17.0. The van der Waals surface area contributed by atoms with Gasteiger partial charge in [0.15, 0.2) is 6.10 Å². The Balaban J connectivity index is 2.04. The van der Waals surface area contributed by atoms with Crippen LogP contribution in [-0.4, -0.2) is 23.1 Å². The zero-order valence-electron chi connectivity index (χ0n) is 13.2. The van der Waals surface area contributed by atoms with E-state index in [-0.39, 0.29) is 11.3 Å². The van der Waals surface area contributed by atoms with Crippen LogP contribution in [0.4, 0.5) is 5.69 Å². The van der Waals surface area contributed by atoms with E-state index < -0.39 is 18.0 Å². The van der Waals surface area contributed by atoms with Crippen LogP contribution >= 0.6 is 0 Å². The molecule has 2 N–H and O–H groups in total. The number of rotatable bonds is 4. The van der Waals surface area contributed by atoms with E-state index in [9.17, 15) is 14.7 Å². The van der Waals surface area contributed by atoms with Crippen molar-refractivity contribution in [1.82, 2.24) is 0 Å². The summed E-state index contributed by atoms with van der Waals surface area (Å²) in [4.78, 5) is 24.2. The molecule has 2 aromatic carbocycles. The maximum Gasteiger partial charge on any atom is 0.342 e. The van der Waals surface area contributed by atoms with E-state index in [2.05, 4.69) is 5.32 Å². The lowest BCUT2D eigenvalue weighted by Crippen LogP contribution is -2.30. The normalized spacial score (nSPS) is 11.2. The highest BCUT2D eigenvalue weighted by atomic mass is 16.5. The summed E-state index contributed by atoms with van der Waals surface area (Å²) in [6, 6.07) is 12.9. The second-order valence-electron chi connectivity index (χ2n) is 5.25. The topological polar surface area (TPSA) is 99.4 Å². The van der Waals surface area contributed by atoms with Crippen LogP contribution in [-0.2, 0) is 9.53 Å². The van der Waals surface area contributed by atoms with Gasteiger partial charge in [-0.15, -0.1) is 0 Å². The molecule has 24 heavy (non-hydrogen) atoms. The number of hydrogen-bond donors (Lipinski definition) is 2. The van der Waals surface area contributed by atoms with Crippen LogP contribution in [0, 0.1) is 18.3 Å². The number of anilines is 1. The molecule has 0 aromatic heterocycles. The Morgan fingerprint density at radius 2 is 2.00 bits per heavy atom. The van der Waals surface area contributed by atoms with E-state index in [4.69, 9.17) is 10.00 Å². The number of hydrogen-bond acceptors (Lipinski definition) is 5. The molecule has 1 amide bonds. The second-order valence-corrected chi connectivity index (χ2v) is 5.25. The van der Waals surface area contributed by atoms with E-state index in [1.807, 2.05) is 6.07 Å². The number of ether oxygens (including phenoxy) is 1. The molecule has 122 valence electrons. The van der Waals surface area contributed by atoms with Crippen molar-refractivity contribution in [2.45, 2.75) is 20.0 Å². The Bertz CT molecular complexity index is 824. The third-order valence-corrected chi connectivity index (χ3v) is 3.28. The number of aryl methyl sites for hydroxylation is 1. The van der Waals surface area contributed by atoms with E-state index in [1.54, 1.807) is 31.2 Å². The minimum atomic E-state index is -1.07. The standard InChI is InChI=1S/C18H16N2O4/c1-11-6-7-16(21)15(8-11)18(23)24-12(2)17(22)20-14-5-3-4-13(9-14)10-19/h3-9,12,21H,1-2H3,(H,20,22)/t12-/m1/s1. The molecule has 2 aromatic rings. The van der Waals surface area contributed by atoms with Crippen molar-refractivity contribution in [2.75, 3.05) is 5.32 Å². The number of carbonyl (C=O) groups is 2. The molecule has 0 bridgehead atoms. The average molecular weight is 324 g/mol. The van der Waals surface area contributed by atoms with Crippen LogP contribution in [0.1, 0.15) is 28.4 Å². The van der Waals surface area contributed by atoms with Crippen LogP contribution in [0.2, 0.25) is 0 Å². The number of benzene rings is 2. The molecule has 0 heterocycles. The summed E-state index contributed by atoms with van der Waals surface area (Å²) in [7, 11) is 0. The monoisotopic (exact) mass is 324 g/mol. The first-order valence-electron chi connectivity index (χ1n) is 7.22. The molecule has 0 aliphatic carbocycles. The summed E-state index contributed by atoms with van der Waals surface area (Å²) in [6.45, 7) is 3.20. The minimum absolute atomic E-state index is 0.00104. The lowest BCUT2D eigenvalue weighted by molar-refractivity contribution is -0.123. The van der Waals surface area contributed by atoms with Crippen molar-refractivity contribution in [1.29, 1.82) is 5.26 Å². The molecule has 2 rings (SSSR count). The van der Waals surface area contributed by atoms with Gasteiger partial charge in [-0.25, -0.2) is 4.79 Å². The number of phenols is 1. The molecule has 6 heteroatoms. The van der Waals surface area contributed by atoms with Gasteiger partial charge < -0.3 is 15.2 Å². The highest BCUT2D eigenvalue weighted by molar-refractivity contribution is 5.98. The molecule has 0 unspecified atom stereocenters. The van der Waals surface area contributed by atoms with Gasteiger partial charge in [0.25, 0.3) is 5.91 Å². The molecule has 0 fully saturated rings. The van der Waals surface area contributed by atoms with E-state index >= 15 is 0 Å². The van der Waals surface area contributed by atoms with Crippen LogP contribution in [0.5, 0.6) is 5.75 Å². The number of carbonyl (C=O) groups excluding carboxylic acids is 2. The minimum Gasteiger partial charge on any atom is -0.507 e. The van der Waals surface area contributed by atoms with Gasteiger partial charge >= 0.3 is 5.97 Å². The Kier molecular flexibility index (Phi) is 5.17. The third-order valence-electron chi connectivity index (χ3n) is 3.28. The van der Waals surface area contributed by atoms with Crippen LogP contribution in [0.25, 0.3) is 0 Å². The summed E-state index contributed by atoms with van der Waals surface area (Å²) in [5, 5.41) is 21.1. The van der Waals surface area contributed by atoms with Gasteiger partial charge in [0.2, 0.25) is 0 Å². The van der Waals surface area contributed by atoms with E-state index in [0.29, 0.717) is 11.3 Å². The molecule has 0 aliphatic rings. The van der Waals surface area contributed by atoms with Crippen molar-refractivity contribution in [3.63, 3.8) is 0 Å². The summed E-state index contributed by atoms with van der Waals surface area (Å²) in [5.41, 5.74) is 1.62. The van der Waals surface area contributed by atoms with Crippen molar-refractivity contribution in [2.24, 2.45) is 0 Å². The van der Waals surface area contributed by atoms with Crippen molar-refractivity contribution >= 4 is 17.6 Å². The third kappa shape index (κ3) is 4.11. The maximum absolute atomic E-state index is 12.1. The smallest absolute Gasteiger partial charge is 0.342 e. The number of phenolic OH excluding ortho intramolecular Hbond substituents is 1. The number of esters is 1. The number of amides is 1. The van der Waals surface area contributed by atoms with Crippen LogP contribution < -0.4 is 5.32 Å². The molecule has 0 saturated heterocycles. The molecular weight excluding hydrogens is 308 g/mol. The van der Waals surface area contributed by atoms with Gasteiger partial charge in [-0.1, -0.05) is 17.7 Å². The zero-order chi connectivity index (χ0) is 17.7. The molecule has 0 spiro atoms. The highest BCUT2D eigenvalue weighted by Gasteiger charge is 2.21. The number of nitriles is 1. The molecule has 0 aliphatic heterocycles. The average Bonchev–Trinajstić information content (AvgIpc) is 2.57. The second kappa shape index (κ2) is 7.29. The number of nitrogens with zero attached hydrogens (tertiary/aromatic N) is 1. The summed E-state index contributed by atoms with van der Waals surface area (Å²) in [5.74, 6) is -1.53. The maximum atomic E-state index is 12.1. The Hall–Kier alpha value is -3.33. The fourth-order valence-corrected chi connectivity index (χ4v) is 2.00. The zero-order valence-corrected chi connectivity index (χ0v) is 13.2. The SMILES string of the molecule is Cc1ccc(O)c(C(=O)O[C@H](C)C(=O)Nc2cccc(C#N)c2)c1. The van der Waals surface area contributed by atoms with Crippen LogP contribution in [0.3, 0.4) is 0 Å². The fraction of sp³-hybridized carbons (Fsp3) is 0.167. The van der Waals surface area contributed by atoms with Gasteiger partial charge in [0.1, 0.15) is 11.3 Å². The van der Waals surface area contributed by atoms with Crippen molar-refractivity contribution in [3.8, 4) is 11.8 Å². The van der Waals surface area contributed by atoms with E-state index in [0.717, 1.165) is 5.56 Å². The van der Waals surface area contributed by atoms with Gasteiger partial charge in [-0.3, -0.25) is 4.79 Å². The molecule has 0 radical (unpaired) electrons. The van der Waals surface area contributed by atoms with Crippen molar-refractivity contribution < 1.29 is 19.4 Å².